The van der Waals surface area contributed by atoms with Crippen molar-refractivity contribution >= 4 is 38.6 Å². The van der Waals surface area contributed by atoms with Gasteiger partial charge in [-0.1, -0.05) is 43.5 Å². The smallest absolute Gasteiger partial charge is 0.319 e. The summed E-state index contributed by atoms with van der Waals surface area (Å²) in [4.78, 5) is 25.4. The summed E-state index contributed by atoms with van der Waals surface area (Å²) in [6.07, 6.45) is 8.08. The van der Waals surface area contributed by atoms with E-state index >= 15 is 0 Å². The fourth-order valence-corrected chi connectivity index (χ4v) is 6.36. The molecule has 3 aromatic carbocycles. The van der Waals surface area contributed by atoms with Crippen molar-refractivity contribution in [2.75, 3.05) is 12.4 Å². The molecule has 3 amide bonds. The van der Waals surface area contributed by atoms with Gasteiger partial charge in [0, 0.05) is 47.9 Å². The molecular weight excluding hydrogens is 540 g/mol. The lowest BCUT2D eigenvalue weighted by molar-refractivity contribution is 0.0981. The Kier molecular flexibility index (Phi) is 8.30. The number of anilines is 1. The number of nitrogens with zero attached hydrogens (tertiary/aromatic N) is 1. The maximum atomic E-state index is 12.8. The summed E-state index contributed by atoms with van der Waals surface area (Å²) >= 11 is 0. The van der Waals surface area contributed by atoms with Crippen LogP contribution in [0.5, 0.6) is 5.75 Å². The van der Waals surface area contributed by atoms with E-state index in [0.717, 1.165) is 47.7 Å². The molecule has 1 saturated carbocycles. The van der Waals surface area contributed by atoms with E-state index in [9.17, 15) is 18.0 Å². The molecule has 214 valence electrons. The lowest BCUT2D eigenvalue weighted by Gasteiger charge is -2.22. The SMILES string of the molecule is COc1cc(C(=O)NS(=O)(=O)c2ccccc2)ccc1Cc1cn(C)c2ccc(NC(=O)NC3CCCCC3)cc12. The number of aryl methyl sites for hydroxylation is 1. The van der Waals surface area contributed by atoms with E-state index in [1.807, 2.05) is 36.0 Å². The van der Waals surface area contributed by atoms with Crippen LogP contribution in [0, 0.1) is 0 Å². The average molecular weight is 575 g/mol. The number of hydrogen-bond donors (Lipinski definition) is 3. The van der Waals surface area contributed by atoms with Gasteiger partial charge in [0.15, 0.2) is 0 Å². The van der Waals surface area contributed by atoms with Crippen molar-refractivity contribution < 1.29 is 22.7 Å². The molecule has 1 heterocycles. The number of urea groups is 1. The Morgan fingerprint density at radius 2 is 1.71 bits per heavy atom. The van der Waals surface area contributed by atoms with Crippen molar-refractivity contribution in [2.24, 2.45) is 7.05 Å². The number of rotatable bonds is 8. The lowest BCUT2D eigenvalue weighted by atomic mass is 9.96. The highest BCUT2D eigenvalue weighted by atomic mass is 32.2. The number of aromatic nitrogens is 1. The van der Waals surface area contributed by atoms with E-state index in [2.05, 4.69) is 15.4 Å². The van der Waals surface area contributed by atoms with E-state index in [1.165, 1.54) is 25.7 Å². The number of carbonyl (C=O) groups excluding carboxylic acids is 2. The molecule has 0 saturated heterocycles. The van der Waals surface area contributed by atoms with Crippen molar-refractivity contribution in [3.05, 3.63) is 89.6 Å². The Hall–Kier alpha value is -4.31. The van der Waals surface area contributed by atoms with Crippen molar-refractivity contribution in [1.82, 2.24) is 14.6 Å². The molecule has 1 fully saturated rings. The number of amides is 3. The molecule has 0 spiro atoms. The predicted molar refractivity (Wildman–Crippen MR) is 159 cm³/mol. The third-order valence-electron chi connectivity index (χ3n) is 7.48. The fourth-order valence-electron chi connectivity index (χ4n) is 5.37. The molecule has 0 radical (unpaired) electrons. The Labute approximate surface area is 240 Å². The number of sulfonamides is 1. The Morgan fingerprint density at radius 1 is 0.951 bits per heavy atom. The van der Waals surface area contributed by atoms with Crippen LogP contribution in [-0.4, -0.2) is 38.1 Å². The van der Waals surface area contributed by atoms with Gasteiger partial charge in [0.05, 0.1) is 12.0 Å². The molecule has 0 bridgehead atoms. The summed E-state index contributed by atoms with van der Waals surface area (Å²) in [5, 5.41) is 7.05. The zero-order valence-electron chi connectivity index (χ0n) is 23.1. The van der Waals surface area contributed by atoms with E-state index in [-0.39, 0.29) is 22.5 Å². The van der Waals surface area contributed by atoms with Crippen LogP contribution in [0.2, 0.25) is 0 Å². The summed E-state index contributed by atoms with van der Waals surface area (Å²) in [7, 11) is -0.530. The highest BCUT2D eigenvalue weighted by Gasteiger charge is 2.20. The van der Waals surface area contributed by atoms with Gasteiger partial charge in [0.25, 0.3) is 15.9 Å². The monoisotopic (exact) mass is 574 g/mol. The minimum absolute atomic E-state index is 0.00761. The van der Waals surface area contributed by atoms with E-state index in [4.69, 9.17) is 4.74 Å². The Morgan fingerprint density at radius 3 is 2.44 bits per heavy atom. The van der Waals surface area contributed by atoms with Gasteiger partial charge in [0.1, 0.15) is 5.75 Å². The standard InChI is InChI=1S/C31H34N4O5S/c1-35-20-23(27-19-25(15-16-28(27)35)33-31(37)32-24-9-5-3-6-10-24)17-21-13-14-22(18-29(21)40-2)30(36)34-41(38,39)26-11-7-4-8-12-26/h4,7-8,11-16,18-20,24H,3,5-6,9-10,17H2,1-2H3,(H,34,36)(H2,32,33,37). The summed E-state index contributed by atoms with van der Waals surface area (Å²) in [5.41, 5.74) is 3.73. The van der Waals surface area contributed by atoms with Gasteiger partial charge >= 0.3 is 6.03 Å². The third-order valence-corrected chi connectivity index (χ3v) is 8.83. The van der Waals surface area contributed by atoms with Crippen LogP contribution in [0.15, 0.2) is 77.8 Å². The third kappa shape index (κ3) is 6.54. The Bertz CT molecular complexity index is 1680. The highest BCUT2D eigenvalue weighted by Crippen LogP contribution is 2.30. The van der Waals surface area contributed by atoms with Crippen molar-refractivity contribution in [1.29, 1.82) is 0 Å². The number of hydrogen-bond acceptors (Lipinski definition) is 5. The maximum Gasteiger partial charge on any atom is 0.319 e. The highest BCUT2D eigenvalue weighted by molar-refractivity contribution is 7.90. The first-order valence-corrected chi connectivity index (χ1v) is 15.2. The van der Waals surface area contributed by atoms with Gasteiger partial charge in [-0.15, -0.1) is 0 Å². The van der Waals surface area contributed by atoms with Crippen molar-refractivity contribution in [3.8, 4) is 5.75 Å². The molecule has 1 aromatic heterocycles. The fraction of sp³-hybridized carbons (Fsp3) is 0.290. The van der Waals surface area contributed by atoms with Crippen LogP contribution in [0.25, 0.3) is 10.9 Å². The second-order valence-corrected chi connectivity index (χ2v) is 12.1. The maximum absolute atomic E-state index is 12.8. The first-order valence-electron chi connectivity index (χ1n) is 13.7. The van der Waals surface area contributed by atoms with Crippen LogP contribution in [-0.2, 0) is 23.5 Å². The first-order chi connectivity index (χ1) is 19.7. The van der Waals surface area contributed by atoms with Crippen LogP contribution >= 0.6 is 0 Å². The summed E-state index contributed by atoms with van der Waals surface area (Å²) in [6.45, 7) is 0. The van der Waals surface area contributed by atoms with Crippen LogP contribution in [0.1, 0.15) is 53.6 Å². The number of ether oxygens (including phenoxy) is 1. The zero-order chi connectivity index (χ0) is 29.0. The van der Waals surface area contributed by atoms with Crippen LogP contribution < -0.4 is 20.1 Å². The molecule has 5 rings (SSSR count). The van der Waals surface area contributed by atoms with Gasteiger partial charge in [-0.2, -0.15) is 0 Å². The molecule has 0 unspecified atom stereocenters. The second kappa shape index (κ2) is 12.1. The zero-order valence-corrected chi connectivity index (χ0v) is 24.0. The number of nitrogens with one attached hydrogen (secondary N) is 3. The molecular formula is C31H34N4O5S. The van der Waals surface area contributed by atoms with E-state index in [0.29, 0.717) is 17.9 Å². The van der Waals surface area contributed by atoms with Gasteiger partial charge in [-0.3, -0.25) is 4.79 Å². The van der Waals surface area contributed by atoms with Crippen molar-refractivity contribution in [3.63, 3.8) is 0 Å². The predicted octanol–water partition coefficient (Wildman–Crippen LogP) is 5.35. The average Bonchev–Trinajstić information content (AvgIpc) is 3.27. The van der Waals surface area contributed by atoms with Crippen LogP contribution in [0.4, 0.5) is 10.5 Å². The molecule has 41 heavy (non-hydrogen) atoms. The number of benzene rings is 3. The molecule has 3 N–H and O–H groups in total. The molecule has 10 heteroatoms. The van der Waals surface area contributed by atoms with Gasteiger partial charge in [-0.25, -0.2) is 17.9 Å². The molecule has 0 aliphatic heterocycles. The first kappa shape index (κ1) is 28.2. The van der Waals surface area contributed by atoms with Crippen LogP contribution in [0.3, 0.4) is 0 Å². The largest absolute Gasteiger partial charge is 0.496 e. The number of fused-ring (bicyclic) bond motifs is 1. The van der Waals surface area contributed by atoms with E-state index < -0.39 is 15.9 Å². The second-order valence-electron chi connectivity index (χ2n) is 10.4. The summed E-state index contributed by atoms with van der Waals surface area (Å²) in [5.74, 6) is -0.279. The summed E-state index contributed by atoms with van der Waals surface area (Å²) in [6, 6.07) is 18.5. The normalized spacial score (nSPS) is 14.0. The molecule has 4 aromatic rings. The molecule has 1 aliphatic rings. The lowest BCUT2D eigenvalue weighted by Crippen LogP contribution is -2.38. The molecule has 9 nitrogen and oxygen atoms in total. The summed E-state index contributed by atoms with van der Waals surface area (Å²) < 4.78 is 34.9. The Balaban J connectivity index is 1.33. The quantitative estimate of drug-likeness (QED) is 0.262. The van der Waals surface area contributed by atoms with Gasteiger partial charge in [-0.05, 0) is 66.4 Å². The number of methoxy groups -OCH3 is 1. The minimum atomic E-state index is -4.01. The van der Waals surface area contributed by atoms with Gasteiger partial charge < -0.3 is 19.9 Å². The molecule has 1 aliphatic carbocycles. The molecule has 0 atom stereocenters. The minimum Gasteiger partial charge on any atom is -0.496 e. The topological polar surface area (TPSA) is 119 Å². The van der Waals surface area contributed by atoms with Crippen molar-refractivity contribution in [2.45, 2.75) is 49.5 Å². The van der Waals surface area contributed by atoms with Gasteiger partial charge in [0.2, 0.25) is 0 Å². The van der Waals surface area contributed by atoms with E-state index in [1.54, 1.807) is 36.4 Å². The number of carbonyl (C=O) groups is 2.